The average Bonchev–Trinajstić information content (AvgIpc) is 3.07. The minimum atomic E-state index is -3.75. The quantitative estimate of drug-likeness (QED) is 0.667. The normalized spacial score (nSPS) is 15.9. The first-order valence-corrected chi connectivity index (χ1v) is 10.3. The van der Waals surface area contributed by atoms with Crippen LogP contribution >= 0.6 is 0 Å². The lowest BCUT2D eigenvalue weighted by Crippen LogP contribution is -2.41. The molecule has 1 fully saturated rings. The van der Waals surface area contributed by atoms with Crippen molar-refractivity contribution >= 4 is 21.7 Å². The Morgan fingerprint density at radius 2 is 2.14 bits per heavy atom. The number of aryl methyl sites for hydroxylation is 1. The van der Waals surface area contributed by atoms with E-state index >= 15 is 0 Å². The van der Waals surface area contributed by atoms with Gasteiger partial charge in [-0.2, -0.15) is 5.26 Å². The molecule has 0 unspecified atom stereocenters. The number of anilines is 1. The predicted molar refractivity (Wildman–Crippen MR) is 102 cm³/mol. The molecule has 0 radical (unpaired) electrons. The Kier molecular flexibility index (Phi) is 4.28. The Morgan fingerprint density at radius 1 is 1.36 bits per heavy atom. The molecule has 0 atom stereocenters. The van der Waals surface area contributed by atoms with Gasteiger partial charge in [0, 0.05) is 18.3 Å². The highest BCUT2D eigenvalue weighted by Crippen LogP contribution is 2.39. The van der Waals surface area contributed by atoms with Crippen molar-refractivity contribution in [3.8, 4) is 17.3 Å². The molecule has 0 spiro atoms. The summed E-state index contributed by atoms with van der Waals surface area (Å²) in [6.45, 7) is 1.99. The summed E-state index contributed by atoms with van der Waals surface area (Å²) >= 11 is 0. The standard InChI is InChI=1S/C18H19N7O2S/c1-12-3-4-13(28(26,27)23-10-18(9-19)5-2-6-18)7-14(12)15-8-25-16(20)21-11-22-17(25)24-15/h3-4,7-8,11,23H,2,5-6,10H2,1H3,(H2,20,21,22,24). The molecule has 3 N–H and O–H groups in total. The van der Waals surface area contributed by atoms with Gasteiger partial charge in [-0.15, -0.1) is 0 Å². The molecule has 2 aromatic heterocycles. The van der Waals surface area contributed by atoms with Gasteiger partial charge in [-0.05, 0) is 37.5 Å². The van der Waals surface area contributed by atoms with Gasteiger partial charge in [0.05, 0.1) is 22.1 Å². The number of nitrogens with zero attached hydrogens (tertiary/aromatic N) is 5. The number of sulfonamides is 1. The molecule has 28 heavy (non-hydrogen) atoms. The van der Waals surface area contributed by atoms with E-state index in [1.807, 2.05) is 6.92 Å². The zero-order valence-corrected chi connectivity index (χ0v) is 16.1. The first-order chi connectivity index (χ1) is 13.3. The minimum absolute atomic E-state index is 0.121. The van der Waals surface area contributed by atoms with Crippen molar-refractivity contribution in [3.63, 3.8) is 0 Å². The average molecular weight is 397 g/mol. The van der Waals surface area contributed by atoms with Crippen molar-refractivity contribution in [2.45, 2.75) is 31.1 Å². The van der Waals surface area contributed by atoms with Crippen LogP contribution in [-0.4, -0.2) is 34.3 Å². The number of nitrogen functional groups attached to an aromatic ring is 1. The molecule has 144 valence electrons. The third-order valence-electron chi connectivity index (χ3n) is 5.24. The fourth-order valence-corrected chi connectivity index (χ4v) is 4.41. The topological polar surface area (TPSA) is 139 Å². The predicted octanol–water partition coefficient (Wildman–Crippen LogP) is 1.65. The Bertz CT molecular complexity index is 1210. The minimum Gasteiger partial charge on any atom is -0.369 e. The highest BCUT2D eigenvalue weighted by atomic mass is 32.2. The third-order valence-corrected chi connectivity index (χ3v) is 6.64. The molecular weight excluding hydrogens is 378 g/mol. The largest absolute Gasteiger partial charge is 0.369 e. The van der Waals surface area contributed by atoms with Gasteiger partial charge in [-0.25, -0.2) is 28.1 Å². The second-order valence-electron chi connectivity index (χ2n) is 7.07. The maximum Gasteiger partial charge on any atom is 0.240 e. The summed E-state index contributed by atoms with van der Waals surface area (Å²) in [7, 11) is -3.75. The number of benzene rings is 1. The lowest BCUT2D eigenvalue weighted by atomic mass is 9.70. The van der Waals surface area contributed by atoms with Gasteiger partial charge in [-0.3, -0.25) is 4.40 Å². The smallest absolute Gasteiger partial charge is 0.240 e. The van der Waals surface area contributed by atoms with E-state index in [4.69, 9.17) is 5.73 Å². The van der Waals surface area contributed by atoms with E-state index in [0.717, 1.165) is 24.8 Å². The molecule has 4 rings (SSSR count). The fraction of sp³-hybridized carbons (Fsp3) is 0.333. The van der Waals surface area contributed by atoms with Crippen LogP contribution in [0.4, 0.5) is 5.95 Å². The molecule has 0 amide bonds. The van der Waals surface area contributed by atoms with E-state index in [1.165, 1.54) is 6.33 Å². The van der Waals surface area contributed by atoms with Crippen LogP contribution in [0.2, 0.25) is 0 Å². The lowest BCUT2D eigenvalue weighted by Gasteiger charge is -2.34. The van der Waals surface area contributed by atoms with E-state index in [2.05, 4.69) is 25.7 Å². The SMILES string of the molecule is Cc1ccc(S(=O)(=O)NCC2(C#N)CCC2)cc1-c1cn2c(N)ncnc2n1. The molecule has 1 aromatic carbocycles. The Morgan fingerprint density at radius 3 is 2.79 bits per heavy atom. The van der Waals surface area contributed by atoms with Crippen LogP contribution in [0.15, 0.2) is 35.6 Å². The summed E-state index contributed by atoms with van der Waals surface area (Å²) < 4.78 is 29.7. The number of nitriles is 1. The molecule has 9 nitrogen and oxygen atoms in total. The van der Waals surface area contributed by atoms with Crippen LogP contribution in [0.3, 0.4) is 0 Å². The number of hydrogen-bond donors (Lipinski definition) is 2. The molecule has 1 aliphatic rings. The number of nitrogens with two attached hydrogens (primary N) is 1. The Hall–Kier alpha value is -3.03. The van der Waals surface area contributed by atoms with Gasteiger partial charge in [0.15, 0.2) is 0 Å². The first-order valence-electron chi connectivity index (χ1n) is 8.81. The van der Waals surface area contributed by atoms with Crippen molar-refractivity contribution in [1.82, 2.24) is 24.1 Å². The van der Waals surface area contributed by atoms with Crippen LogP contribution in [0.25, 0.3) is 17.0 Å². The number of rotatable bonds is 5. The Balaban J connectivity index is 1.68. The molecule has 1 saturated carbocycles. The highest BCUT2D eigenvalue weighted by molar-refractivity contribution is 7.89. The molecule has 0 saturated heterocycles. The van der Waals surface area contributed by atoms with Crippen molar-refractivity contribution in [1.29, 1.82) is 5.26 Å². The number of aromatic nitrogens is 4. The summed E-state index contributed by atoms with van der Waals surface area (Å²) in [4.78, 5) is 12.5. The van der Waals surface area contributed by atoms with E-state index in [1.54, 1.807) is 28.8 Å². The van der Waals surface area contributed by atoms with Crippen LogP contribution in [-0.2, 0) is 10.0 Å². The zero-order chi connectivity index (χ0) is 19.9. The van der Waals surface area contributed by atoms with Crippen LogP contribution in [0.1, 0.15) is 24.8 Å². The Labute approximate surface area is 162 Å². The van der Waals surface area contributed by atoms with Crippen molar-refractivity contribution in [2.24, 2.45) is 5.41 Å². The molecular formula is C18H19N7O2S. The molecule has 2 heterocycles. The van der Waals surface area contributed by atoms with Gasteiger partial charge in [-0.1, -0.05) is 12.5 Å². The van der Waals surface area contributed by atoms with Crippen molar-refractivity contribution in [2.75, 3.05) is 12.3 Å². The summed E-state index contributed by atoms with van der Waals surface area (Å²) in [5, 5.41) is 9.31. The van der Waals surface area contributed by atoms with Gasteiger partial charge < -0.3 is 5.73 Å². The summed E-state index contributed by atoms with van der Waals surface area (Å²) in [5.41, 5.74) is 7.32. The number of hydrogen-bond acceptors (Lipinski definition) is 7. The molecule has 10 heteroatoms. The monoisotopic (exact) mass is 397 g/mol. The fourth-order valence-electron chi connectivity index (χ4n) is 3.25. The zero-order valence-electron chi connectivity index (χ0n) is 15.3. The molecule has 1 aliphatic carbocycles. The second kappa shape index (κ2) is 6.54. The van der Waals surface area contributed by atoms with Crippen LogP contribution in [0, 0.1) is 23.7 Å². The van der Waals surface area contributed by atoms with Crippen LogP contribution in [0.5, 0.6) is 0 Å². The number of imidazole rings is 1. The van der Waals surface area contributed by atoms with Gasteiger partial charge in [0.2, 0.25) is 21.7 Å². The first kappa shape index (κ1) is 18.3. The molecule has 0 bridgehead atoms. The molecule has 3 aromatic rings. The van der Waals surface area contributed by atoms with Crippen molar-refractivity contribution in [3.05, 3.63) is 36.3 Å². The number of nitrogens with one attached hydrogen (secondary N) is 1. The van der Waals surface area contributed by atoms with Crippen LogP contribution < -0.4 is 10.5 Å². The summed E-state index contributed by atoms with van der Waals surface area (Å²) in [6, 6.07) is 7.09. The second-order valence-corrected chi connectivity index (χ2v) is 8.84. The van der Waals surface area contributed by atoms with Gasteiger partial charge >= 0.3 is 0 Å². The van der Waals surface area contributed by atoms with E-state index in [9.17, 15) is 13.7 Å². The van der Waals surface area contributed by atoms with Crippen molar-refractivity contribution < 1.29 is 8.42 Å². The van der Waals surface area contributed by atoms with Gasteiger partial charge in [0.25, 0.3) is 0 Å². The molecule has 0 aliphatic heterocycles. The maximum atomic E-state index is 12.8. The van der Waals surface area contributed by atoms with Gasteiger partial charge in [0.1, 0.15) is 6.33 Å². The van der Waals surface area contributed by atoms with E-state index < -0.39 is 15.4 Å². The highest BCUT2D eigenvalue weighted by Gasteiger charge is 2.38. The summed E-state index contributed by atoms with van der Waals surface area (Å²) in [5.74, 6) is 0.628. The van der Waals surface area contributed by atoms with E-state index in [-0.39, 0.29) is 17.4 Å². The number of fused-ring (bicyclic) bond motifs is 1. The summed E-state index contributed by atoms with van der Waals surface area (Å²) in [6.07, 6.45) is 5.38. The lowest BCUT2D eigenvalue weighted by molar-refractivity contribution is 0.218. The third kappa shape index (κ3) is 3.08. The van der Waals surface area contributed by atoms with E-state index in [0.29, 0.717) is 17.0 Å². The maximum absolute atomic E-state index is 12.8.